The fourth-order valence-electron chi connectivity index (χ4n) is 0.698. The fraction of sp³-hybridized carbons (Fsp3) is 0. The molecule has 0 nitrogen and oxygen atoms in total. The fourth-order valence-corrected chi connectivity index (χ4v) is 0.938. The van der Waals surface area contributed by atoms with E-state index in [2.05, 4.69) is 29.2 Å². The van der Waals surface area contributed by atoms with Gasteiger partial charge >= 0.3 is 0 Å². The molecule has 0 aromatic heterocycles. The number of rotatable bonds is 6. The van der Waals surface area contributed by atoms with E-state index in [1.807, 2.05) is 70.9 Å². The molecule has 0 heterocycles. The van der Waals surface area contributed by atoms with Gasteiger partial charge in [-0.25, -0.2) is 0 Å². The maximum atomic E-state index is 3.58. The molecule has 78 valence electrons. The highest BCUT2D eigenvalue weighted by Crippen LogP contribution is 1.87. The summed E-state index contributed by atoms with van der Waals surface area (Å²) < 4.78 is 1.96. The molecule has 0 radical (unpaired) electrons. The molecular formula is C14H15I. The lowest BCUT2D eigenvalue weighted by molar-refractivity contribution is 1.84. The Kier molecular flexibility index (Phi) is 12.0. The first-order chi connectivity index (χ1) is 7.41. The van der Waals surface area contributed by atoms with Crippen LogP contribution in [-0.4, -0.2) is 0 Å². The maximum Gasteiger partial charge on any atom is -0.0234 e. The SMILES string of the molecule is C=C\C=C/C=C/C=C/C=C\C=C/C=C/I. The normalized spacial score (nSPS) is 13.7. The molecule has 0 amide bonds. The average molecular weight is 310 g/mol. The largest absolute Gasteiger partial charge is 0.0991 e. The van der Waals surface area contributed by atoms with Crippen molar-refractivity contribution in [1.82, 2.24) is 0 Å². The van der Waals surface area contributed by atoms with Crippen molar-refractivity contribution in [2.24, 2.45) is 0 Å². The molecule has 15 heavy (non-hydrogen) atoms. The van der Waals surface area contributed by atoms with Crippen molar-refractivity contribution in [3.63, 3.8) is 0 Å². The van der Waals surface area contributed by atoms with E-state index < -0.39 is 0 Å². The molecule has 0 saturated carbocycles. The number of hydrogen-bond donors (Lipinski definition) is 0. The Morgan fingerprint density at radius 1 is 0.533 bits per heavy atom. The first-order valence-corrected chi connectivity index (χ1v) is 5.87. The summed E-state index contributed by atoms with van der Waals surface area (Å²) >= 11 is 2.19. The molecule has 0 N–H and O–H groups in total. The molecule has 1 heteroatoms. The average Bonchev–Trinajstić information content (AvgIpc) is 2.26. The first kappa shape index (κ1) is 13.9. The monoisotopic (exact) mass is 310 g/mol. The van der Waals surface area contributed by atoms with Gasteiger partial charge in [-0.2, -0.15) is 0 Å². The standard InChI is InChI=1S/C14H15I/c1-2-3-4-5-6-7-8-9-10-11-12-13-14-15/h2-14H,1H2/b4-3-,6-5+,8-7+,10-9-,12-11-,14-13+. The molecule has 0 rings (SSSR count). The van der Waals surface area contributed by atoms with Gasteiger partial charge in [-0.1, -0.05) is 102 Å². The third-order valence-electron chi connectivity index (χ3n) is 1.32. The van der Waals surface area contributed by atoms with Gasteiger partial charge in [-0.3, -0.25) is 0 Å². The minimum Gasteiger partial charge on any atom is -0.0991 e. The zero-order chi connectivity index (χ0) is 11.2. The van der Waals surface area contributed by atoms with Crippen LogP contribution in [0.3, 0.4) is 0 Å². The van der Waals surface area contributed by atoms with Gasteiger partial charge in [-0.15, -0.1) is 0 Å². The first-order valence-electron chi connectivity index (χ1n) is 4.63. The number of hydrogen-bond acceptors (Lipinski definition) is 0. The molecule has 0 spiro atoms. The van der Waals surface area contributed by atoms with Crippen LogP contribution in [0.5, 0.6) is 0 Å². The number of allylic oxidation sites excluding steroid dienone is 12. The van der Waals surface area contributed by atoms with E-state index >= 15 is 0 Å². The smallest absolute Gasteiger partial charge is 0.0234 e. The summed E-state index contributed by atoms with van der Waals surface area (Å²) in [5.74, 6) is 0. The summed E-state index contributed by atoms with van der Waals surface area (Å²) in [4.78, 5) is 0. The quantitative estimate of drug-likeness (QED) is 0.483. The topological polar surface area (TPSA) is 0 Å². The third-order valence-corrected chi connectivity index (χ3v) is 1.74. The minimum absolute atomic E-state index is 1.75. The van der Waals surface area contributed by atoms with Gasteiger partial charge in [0.2, 0.25) is 0 Å². The van der Waals surface area contributed by atoms with Crippen LogP contribution in [0.15, 0.2) is 83.6 Å². The molecule has 0 fully saturated rings. The molecule has 0 unspecified atom stereocenters. The van der Waals surface area contributed by atoms with Crippen LogP contribution in [0, 0.1) is 0 Å². The molecule has 0 aliphatic rings. The Hall–Kier alpha value is -1.09. The Labute approximate surface area is 106 Å². The van der Waals surface area contributed by atoms with Gasteiger partial charge < -0.3 is 0 Å². The molecule has 0 aliphatic carbocycles. The summed E-state index contributed by atoms with van der Waals surface area (Å²) in [6.07, 6.45) is 23.4. The molecule has 0 aliphatic heterocycles. The van der Waals surface area contributed by atoms with Crippen LogP contribution in [0.1, 0.15) is 0 Å². The van der Waals surface area contributed by atoms with Crippen molar-refractivity contribution in [3.05, 3.63) is 83.6 Å². The molecule has 0 aromatic carbocycles. The minimum atomic E-state index is 1.75. The second kappa shape index (κ2) is 12.9. The van der Waals surface area contributed by atoms with Gasteiger partial charge in [0.05, 0.1) is 0 Å². The van der Waals surface area contributed by atoms with Gasteiger partial charge in [0.25, 0.3) is 0 Å². The van der Waals surface area contributed by atoms with Gasteiger partial charge in [0.1, 0.15) is 0 Å². The third kappa shape index (κ3) is 12.9. The van der Waals surface area contributed by atoms with E-state index in [1.165, 1.54) is 0 Å². The molecular weight excluding hydrogens is 295 g/mol. The summed E-state index contributed by atoms with van der Waals surface area (Å²) in [5.41, 5.74) is 0. The lowest BCUT2D eigenvalue weighted by Crippen LogP contribution is -1.52. The van der Waals surface area contributed by atoms with E-state index in [1.54, 1.807) is 6.08 Å². The van der Waals surface area contributed by atoms with Crippen LogP contribution in [0.4, 0.5) is 0 Å². The second-order valence-corrected chi connectivity index (χ2v) is 3.20. The summed E-state index contributed by atoms with van der Waals surface area (Å²) in [5, 5.41) is 0. The van der Waals surface area contributed by atoms with Crippen molar-refractivity contribution in [2.75, 3.05) is 0 Å². The Morgan fingerprint density at radius 2 is 0.867 bits per heavy atom. The Morgan fingerprint density at radius 3 is 1.20 bits per heavy atom. The Balaban J connectivity index is 3.74. The van der Waals surface area contributed by atoms with Crippen molar-refractivity contribution in [1.29, 1.82) is 0 Å². The molecule has 0 atom stereocenters. The molecule has 0 saturated heterocycles. The van der Waals surface area contributed by atoms with E-state index in [0.717, 1.165) is 0 Å². The van der Waals surface area contributed by atoms with Crippen LogP contribution in [0.25, 0.3) is 0 Å². The summed E-state index contributed by atoms with van der Waals surface area (Å²) in [6, 6.07) is 0. The molecule has 0 aromatic rings. The highest BCUT2D eigenvalue weighted by atomic mass is 127. The van der Waals surface area contributed by atoms with Crippen LogP contribution >= 0.6 is 22.6 Å². The van der Waals surface area contributed by atoms with Crippen LogP contribution in [-0.2, 0) is 0 Å². The van der Waals surface area contributed by atoms with E-state index in [0.29, 0.717) is 0 Å². The lowest BCUT2D eigenvalue weighted by Gasteiger charge is -1.74. The zero-order valence-corrected chi connectivity index (χ0v) is 10.7. The van der Waals surface area contributed by atoms with Crippen LogP contribution < -0.4 is 0 Å². The number of halogens is 1. The summed E-state index contributed by atoms with van der Waals surface area (Å²) in [6.45, 7) is 3.58. The lowest BCUT2D eigenvalue weighted by atomic mass is 10.3. The van der Waals surface area contributed by atoms with Gasteiger partial charge in [0, 0.05) is 0 Å². The van der Waals surface area contributed by atoms with Crippen molar-refractivity contribution < 1.29 is 0 Å². The predicted octanol–water partition coefficient (Wildman–Crippen LogP) is 4.90. The van der Waals surface area contributed by atoms with E-state index in [4.69, 9.17) is 0 Å². The maximum absolute atomic E-state index is 3.58. The Bertz CT molecular complexity index is 312. The van der Waals surface area contributed by atoms with E-state index in [9.17, 15) is 0 Å². The summed E-state index contributed by atoms with van der Waals surface area (Å²) in [7, 11) is 0. The van der Waals surface area contributed by atoms with Gasteiger partial charge in [-0.05, 0) is 4.08 Å². The highest BCUT2D eigenvalue weighted by molar-refractivity contribution is 14.1. The van der Waals surface area contributed by atoms with Gasteiger partial charge in [0.15, 0.2) is 0 Å². The van der Waals surface area contributed by atoms with Crippen molar-refractivity contribution >= 4 is 22.6 Å². The second-order valence-electron chi connectivity index (χ2n) is 2.48. The van der Waals surface area contributed by atoms with Crippen LogP contribution in [0.2, 0.25) is 0 Å². The molecule has 0 bridgehead atoms. The van der Waals surface area contributed by atoms with Crippen molar-refractivity contribution in [3.8, 4) is 0 Å². The highest BCUT2D eigenvalue weighted by Gasteiger charge is 1.62. The predicted molar refractivity (Wildman–Crippen MR) is 79.1 cm³/mol. The zero-order valence-electron chi connectivity index (χ0n) is 8.59. The van der Waals surface area contributed by atoms with Crippen molar-refractivity contribution in [2.45, 2.75) is 0 Å². The van der Waals surface area contributed by atoms with E-state index in [-0.39, 0.29) is 0 Å².